The van der Waals surface area contributed by atoms with Gasteiger partial charge in [0.25, 0.3) is 5.91 Å². The van der Waals surface area contributed by atoms with Crippen LogP contribution in [0.15, 0.2) is 103 Å². The summed E-state index contributed by atoms with van der Waals surface area (Å²) in [6.07, 6.45) is 1.84. The van der Waals surface area contributed by atoms with Crippen molar-refractivity contribution in [3.05, 3.63) is 114 Å². The zero-order valence-electron chi connectivity index (χ0n) is 24.2. The average molecular weight is 591 g/mol. The van der Waals surface area contributed by atoms with E-state index in [4.69, 9.17) is 23.9 Å². The standard InChI is InChI=1S/C34H30N4O6/c1-41-28-16-14-26(18-30(28)42-2)38-20-27(24-11-7-4-8-12-24)35-34(38)36-32(39)21-37(19-23-9-5-3-6-10-23)33(40)25-13-15-29-31(17-25)44-22-43-29/h3-18,20H,19,21-22H2,1-2H3,(H,35,36,39). The lowest BCUT2D eigenvalue weighted by Gasteiger charge is -2.23. The topological polar surface area (TPSA) is 104 Å². The summed E-state index contributed by atoms with van der Waals surface area (Å²) in [7, 11) is 3.13. The van der Waals surface area contributed by atoms with Crippen LogP contribution in [0.3, 0.4) is 0 Å². The van der Waals surface area contributed by atoms with E-state index in [1.54, 1.807) is 49.1 Å². The Morgan fingerprint density at radius 2 is 1.59 bits per heavy atom. The number of imidazole rings is 1. The number of nitrogens with one attached hydrogen (secondary N) is 1. The predicted octanol–water partition coefficient (Wildman–Crippen LogP) is 5.57. The number of methoxy groups -OCH3 is 2. The molecule has 1 aliphatic heterocycles. The Kier molecular flexibility index (Phi) is 8.13. The molecule has 1 aromatic heterocycles. The van der Waals surface area contributed by atoms with Gasteiger partial charge in [-0.3, -0.25) is 19.5 Å². The van der Waals surface area contributed by atoms with Crippen molar-refractivity contribution >= 4 is 17.8 Å². The maximum absolute atomic E-state index is 13.7. The number of rotatable bonds is 10. The summed E-state index contributed by atoms with van der Waals surface area (Å²) in [5.41, 5.74) is 3.51. The second-order valence-corrected chi connectivity index (χ2v) is 9.99. The summed E-state index contributed by atoms with van der Waals surface area (Å²) in [6, 6.07) is 29.6. The first-order valence-corrected chi connectivity index (χ1v) is 13.9. The maximum atomic E-state index is 13.7. The van der Waals surface area contributed by atoms with E-state index in [2.05, 4.69) is 5.32 Å². The summed E-state index contributed by atoms with van der Waals surface area (Å²) >= 11 is 0. The van der Waals surface area contributed by atoms with E-state index in [9.17, 15) is 9.59 Å². The molecule has 1 N–H and O–H groups in total. The van der Waals surface area contributed by atoms with Gasteiger partial charge in [-0.25, -0.2) is 4.98 Å². The van der Waals surface area contributed by atoms with Gasteiger partial charge >= 0.3 is 0 Å². The van der Waals surface area contributed by atoms with Gasteiger partial charge in [0, 0.05) is 29.9 Å². The second-order valence-electron chi connectivity index (χ2n) is 9.99. The number of aromatic nitrogens is 2. The fraction of sp³-hybridized carbons (Fsp3) is 0.147. The molecule has 4 aromatic carbocycles. The first-order valence-electron chi connectivity index (χ1n) is 13.9. The number of carbonyl (C=O) groups excluding carboxylic acids is 2. The van der Waals surface area contributed by atoms with Crippen molar-refractivity contribution < 1.29 is 28.5 Å². The second kappa shape index (κ2) is 12.6. The Labute approximate surface area is 254 Å². The number of hydrogen-bond acceptors (Lipinski definition) is 7. The van der Waals surface area contributed by atoms with Gasteiger partial charge in [0.1, 0.15) is 6.54 Å². The third kappa shape index (κ3) is 6.05. The molecule has 2 heterocycles. The smallest absolute Gasteiger partial charge is 0.254 e. The minimum atomic E-state index is -0.415. The third-order valence-corrected chi connectivity index (χ3v) is 7.13. The third-order valence-electron chi connectivity index (χ3n) is 7.13. The van der Waals surface area contributed by atoms with E-state index < -0.39 is 5.91 Å². The molecular formula is C34H30N4O6. The Bertz CT molecular complexity index is 1790. The molecule has 0 unspecified atom stereocenters. The van der Waals surface area contributed by atoms with Crippen LogP contribution in [0.2, 0.25) is 0 Å². The quantitative estimate of drug-likeness (QED) is 0.227. The molecule has 0 saturated heterocycles. The SMILES string of the molecule is COc1ccc(-n2cc(-c3ccccc3)nc2NC(=O)CN(Cc2ccccc2)C(=O)c2ccc3c(c2)OCO3)cc1OC. The van der Waals surface area contributed by atoms with Crippen molar-refractivity contribution in [3.8, 4) is 39.9 Å². The normalized spacial score (nSPS) is 11.6. The van der Waals surface area contributed by atoms with Crippen molar-refractivity contribution in [2.45, 2.75) is 6.54 Å². The molecule has 0 saturated carbocycles. The molecule has 0 bridgehead atoms. The summed E-state index contributed by atoms with van der Waals surface area (Å²) in [4.78, 5) is 33.6. The number of ether oxygens (including phenoxy) is 4. The van der Waals surface area contributed by atoms with Gasteiger partial charge < -0.3 is 23.8 Å². The summed E-state index contributed by atoms with van der Waals surface area (Å²) < 4.78 is 23.5. The van der Waals surface area contributed by atoms with E-state index in [-0.39, 0.29) is 31.7 Å². The molecule has 222 valence electrons. The zero-order chi connectivity index (χ0) is 30.5. The Balaban J connectivity index is 1.31. The highest BCUT2D eigenvalue weighted by atomic mass is 16.7. The van der Waals surface area contributed by atoms with E-state index >= 15 is 0 Å². The van der Waals surface area contributed by atoms with E-state index in [1.807, 2.05) is 72.9 Å². The number of fused-ring (bicyclic) bond motifs is 1. The lowest BCUT2D eigenvalue weighted by Crippen LogP contribution is -2.38. The molecule has 1 aliphatic rings. The number of amides is 2. The predicted molar refractivity (Wildman–Crippen MR) is 164 cm³/mol. The van der Waals surface area contributed by atoms with Gasteiger partial charge in [0.15, 0.2) is 23.0 Å². The summed E-state index contributed by atoms with van der Waals surface area (Å²) in [5.74, 6) is 1.72. The number of hydrogen-bond donors (Lipinski definition) is 1. The van der Waals surface area contributed by atoms with Crippen molar-refractivity contribution in [3.63, 3.8) is 0 Å². The molecule has 5 aromatic rings. The summed E-state index contributed by atoms with van der Waals surface area (Å²) in [6.45, 7) is 0.101. The van der Waals surface area contributed by atoms with Gasteiger partial charge in [0.2, 0.25) is 18.6 Å². The van der Waals surface area contributed by atoms with Gasteiger partial charge in [-0.05, 0) is 35.9 Å². The maximum Gasteiger partial charge on any atom is 0.254 e. The first-order chi connectivity index (χ1) is 21.5. The van der Waals surface area contributed by atoms with Gasteiger partial charge in [-0.2, -0.15) is 0 Å². The molecule has 0 radical (unpaired) electrons. The van der Waals surface area contributed by atoms with Crippen LogP contribution < -0.4 is 24.3 Å². The van der Waals surface area contributed by atoms with Crippen LogP contribution in [0.4, 0.5) is 5.95 Å². The molecule has 0 spiro atoms. The van der Waals surface area contributed by atoms with Crippen LogP contribution in [-0.4, -0.2) is 53.8 Å². The number of carbonyl (C=O) groups is 2. The minimum absolute atomic E-state index is 0.0980. The summed E-state index contributed by atoms with van der Waals surface area (Å²) in [5, 5.41) is 2.93. The highest BCUT2D eigenvalue weighted by Crippen LogP contribution is 2.34. The van der Waals surface area contributed by atoms with Crippen molar-refractivity contribution in [2.75, 3.05) is 32.9 Å². The van der Waals surface area contributed by atoms with Crippen LogP contribution in [0, 0.1) is 0 Å². The van der Waals surface area contributed by atoms with E-state index in [1.165, 1.54) is 4.90 Å². The molecule has 6 rings (SSSR count). The highest BCUT2D eigenvalue weighted by Gasteiger charge is 2.24. The van der Waals surface area contributed by atoms with Crippen LogP contribution in [-0.2, 0) is 11.3 Å². The van der Waals surface area contributed by atoms with Crippen molar-refractivity contribution in [2.24, 2.45) is 0 Å². The molecule has 44 heavy (non-hydrogen) atoms. The number of anilines is 1. The Hall–Kier alpha value is -5.77. The Morgan fingerprint density at radius 1 is 0.864 bits per heavy atom. The van der Waals surface area contributed by atoms with Crippen LogP contribution >= 0.6 is 0 Å². The fourth-order valence-electron chi connectivity index (χ4n) is 4.94. The lowest BCUT2D eigenvalue weighted by molar-refractivity contribution is -0.117. The molecule has 0 aliphatic carbocycles. The number of nitrogens with zero attached hydrogens (tertiary/aromatic N) is 3. The molecular weight excluding hydrogens is 560 g/mol. The first kappa shape index (κ1) is 28.4. The van der Waals surface area contributed by atoms with Crippen LogP contribution in [0.25, 0.3) is 16.9 Å². The highest BCUT2D eigenvalue weighted by molar-refractivity contribution is 5.99. The average Bonchev–Trinajstić information content (AvgIpc) is 3.71. The van der Waals surface area contributed by atoms with Crippen LogP contribution in [0.1, 0.15) is 15.9 Å². The van der Waals surface area contributed by atoms with Gasteiger partial charge in [-0.15, -0.1) is 0 Å². The molecule has 10 heteroatoms. The largest absolute Gasteiger partial charge is 0.493 e. The van der Waals surface area contributed by atoms with Gasteiger partial charge in [-0.1, -0.05) is 60.7 Å². The van der Waals surface area contributed by atoms with Crippen LogP contribution in [0.5, 0.6) is 23.0 Å². The lowest BCUT2D eigenvalue weighted by atomic mass is 10.1. The number of benzene rings is 4. The van der Waals surface area contributed by atoms with E-state index in [0.29, 0.717) is 39.9 Å². The van der Waals surface area contributed by atoms with E-state index in [0.717, 1.165) is 11.1 Å². The Morgan fingerprint density at radius 3 is 2.34 bits per heavy atom. The molecule has 10 nitrogen and oxygen atoms in total. The van der Waals surface area contributed by atoms with Gasteiger partial charge in [0.05, 0.1) is 25.6 Å². The zero-order valence-corrected chi connectivity index (χ0v) is 24.2. The fourth-order valence-corrected chi connectivity index (χ4v) is 4.94. The van der Waals surface area contributed by atoms with Crippen molar-refractivity contribution in [1.29, 1.82) is 0 Å². The monoisotopic (exact) mass is 590 g/mol. The molecule has 0 fully saturated rings. The van der Waals surface area contributed by atoms with Crippen molar-refractivity contribution in [1.82, 2.24) is 14.5 Å². The molecule has 2 amide bonds. The minimum Gasteiger partial charge on any atom is -0.493 e. The molecule has 0 atom stereocenters.